The number of nitrogens with zero attached hydrogens (tertiary/aromatic N) is 2. The lowest BCUT2D eigenvalue weighted by atomic mass is 10.3. The quantitative estimate of drug-likeness (QED) is 0.169. The van der Waals surface area contributed by atoms with Gasteiger partial charge >= 0.3 is 0 Å². The van der Waals surface area contributed by atoms with Gasteiger partial charge in [0.2, 0.25) is 10.0 Å². The number of nitro benzene ring substituents is 2. The molecule has 0 radical (unpaired) electrons. The van der Waals surface area contributed by atoms with Crippen molar-refractivity contribution in [1.82, 2.24) is 0 Å². The number of non-ortho nitro benzene ring substituents is 2. The number of sulfone groups is 1. The van der Waals surface area contributed by atoms with Crippen LogP contribution in [0.1, 0.15) is 35.1 Å². The second-order valence-electron chi connectivity index (χ2n) is 6.84. The van der Waals surface area contributed by atoms with Crippen molar-refractivity contribution in [1.29, 1.82) is 0 Å². The molecule has 7 N–H and O–H groups in total. The van der Waals surface area contributed by atoms with Crippen LogP contribution in [0.3, 0.4) is 0 Å². The standard InChI is InChI=1S/C6H7N3O4S.C6H6N2O5S.C4H8O2S.3CH4/c7-5-2-1-4(9(10)11)3-6(5)14(8,12)13;7-5-2-1-4(8(9)10)3-6(5)14(11,12)13;5-7(6)3-1-2-4-7;;;/h1-3H,7H2,(H2,8,12,13);1-3H,7H2,(H,11,12,13);1-4H2;3*1H4. The smallest absolute Gasteiger partial charge is 0.296 e. The minimum Gasteiger partial charge on any atom is -0.398 e. The van der Waals surface area contributed by atoms with Crippen molar-refractivity contribution in [2.45, 2.75) is 44.9 Å². The van der Waals surface area contributed by atoms with E-state index in [0.717, 1.165) is 43.2 Å². The largest absolute Gasteiger partial charge is 0.398 e. The highest BCUT2D eigenvalue weighted by atomic mass is 32.2. The Morgan fingerprint density at radius 1 is 0.763 bits per heavy atom. The van der Waals surface area contributed by atoms with E-state index in [1.165, 1.54) is 0 Å². The van der Waals surface area contributed by atoms with Crippen molar-refractivity contribution in [2.75, 3.05) is 23.0 Å². The van der Waals surface area contributed by atoms with Gasteiger partial charge in [-0.2, -0.15) is 8.42 Å². The minimum atomic E-state index is -4.52. The van der Waals surface area contributed by atoms with Gasteiger partial charge in [-0.15, -0.1) is 0 Å². The van der Waals surface area contributed by atoms with Crippen LogP contribution < -0.4 is 16.6 Å². The summed E-state index contributed by atoms with van der Waals surface area (Å²) in [5.41, 5.74) is 9.33. The van der Waals surface area contributed by atoms with E-state index in [1.54, 1.807) is 0 Å². The van der Waals surface area contributed by atoms with Gasteiger partial charge in [-0.25, -0.2) is 22.0 Å². The molecule has 1 fully saturated rings. The summed E-state index contributed by atoms with van der Waals surface area (Å²) in [7, 11) is -11.1. The van der Waals surface area contributed by atoms with Crippen molar-refractivity contribution < 1.29 is 39.7 Å². The van der Waals surface area contributed by atoms with Crippen LogP contribution in [0.2, 0.25) is 0 Å². The number of sulfonamides is 1. The Labute approximate surface area is 221 Å². The zero-order valence-electron chi connectivity index (χ0n) is 17.7. The number of rotatable bonds is 4. The average molecular weight is 604 g/mol. The van der Waals surface area contributed by atoms with Crippen molar-refractivity contribution in [3.05, 3.63) is 56.6 Å². The van der Waals surface area contributed by atoms with Gasteiger partial charge in [0, 0.05) is 24.3 Å². The maximum atomic E-state index is 10.9. The van der Waals surface area contributed by atoms with Gasteiger partial charge < -0.3 is 11.5 Å². The lowest BCUT2D eigenvalue weighted by Crippen LogP contribution is -2.14. The molecule has 0 spiro atoms. The Morgan fingerprint density at radius 2 is 1.11 bits per heavy atom. The van der Waals surface area contributed by atoms with Gasteiger partial charge in [0.25, 0.3) is 21.5 Å². The minimum absolute atomic E-state index is 0. The van der Waals surface area contributed by atoms with Gasteiger partial charge in [-0.3, -0.25) is 24.8 Å². The summed E-state index contributed by atoms with van der Waals surface area (Å²) in [5, 5.41) is 25.4. The van der Waals surface area contributed by atoms with E-state index in [-0.39, 0.29) is 39.3 Å². The molecular formula is C19H33N5O11S3. The molecule has 0 aromatic heterocycles. The van der Waals surface area contributed by atoms with E-state index < -0.39 is 55.3 Å². The molecule has 19 heteroatoms. The third kappa shape index (κ3) is 12.2. The molecule has 0 unspecified atom stereocenters. The number of nitrogens with two attached hydrogens (primary N) is 3. The zero-order valence-corrected chi connectivity index (χ0v) is 20.1. The highest BCUT2D eigenvalue weighted by Gasteiger charge is 2.19. The van der Waals surface area contributed by atoms with Crippen LogP contribution in [-0.4, -0.2) is 51.2 Å². The molecule has 0 amide bonds. The average Bonchev–Trinajstić information content (AvgIpc) is 3.11. The normalized spacial score (nSPS) is 13.4. The molecule has 1 saturated heterocycles. The van der Waals surface area contributed by atoms with E-state index in [1.807, 2.05) is 0 Å². The fraction of sp³-hybridized carbons (Fsp3) is 0.368. The van der Waals surface area contributed by atoms with Gasteiger partial charge in [0.1, 0.15) is 19.6 Å². The highest BCUT2D eigenvalue weighted by Crippen LogP contribution is 2.24. The van der Waals surface area contributed by atoms with Crippen LogP contribution in [0.4, 0.5) is 22.7 Å². The highest BCUT2D eigenvalue weighted by molar-refractivity contribution is 7.91. The molecule has 3 rings (SSSR count). The van der Waals surface area contributed by atoms with Gasteiger partial charge in [0.15, 0.2) is 0 Å². The van der Waals surface area contributed by atoms with E-state index in [2.05, 4.69) is 0 Å². The second kappa shape index (κ2) is 15.1. The molecule has 2 aromatic rings. The first kappa shape index (κ1) is 39.1. The summed E-state index contributed by atoms with van der Waals surface area (Å²) < 4.78 is 72.7. The summed E-state index contributed by atoms with van der Waals surface area (Å²) in [6, 6.07) is 5.84. The number of hydrogen-bond donors (Lipinski definition) is 4. The monoisotopic (exact) mass is 603 g/mol. The van der Waals surface area contributed by atoms with E-state index in [0.29, 0.717) is 17.6 Å². The topological polar surface area (TPSA) is 287 Å². The molecule has 1 heterocycles. The maximum absolute atomic E-state index is 10.9. The first-order valence-electron chi connectivity index (χ1n) is 9.13. The Bertz CT molecular complexity index is 1340. The molecule has 0 aliphatic carbocycles. The molecule has 16 nitrogen and oxygen atoms in total. The molecule has 2 aromatic carbocycles. The van der Waals surface area contributed by atoms with E-state index in [4.69, 9.17) is 21.2 Å². The number of benzene rings is 2. The van der Waals surface area contributed by atoms with E-state index in [9.17, 15) is 45.5 Å². The number of hydrogen-bond acceptors (Lipinski definition) is 12. The van der Waals surface area contributed by atoms with E-state index >= 15 is 0 Å². The third-order valence-electron chi connectivity index (χ3n) is 4.16. The number of nitrogen functional groups attached to an aromatic ring is 2. The molecule has 218 valence electrons. The Morgan fingerprint density at radius 3 is 1.37 bits per heavy atom. The zero-order chi connectivity index (χ0) is 27.2. The van der Waals surface area contributed by atoms with Crippen molar-refractivity contribution in [3.63, 3.8) is 0 Å². The van der Waals surface area contributed by atoms with Crippen LogP contribution >= 0.6 is 0 Å². The first-order chi connectivity index (χ1) is 15.8. The lowest BCUT2D eigenvalue weighted by molar-refractivity contribution is -0.385. The summed E-state index contributed by atoms with van der Waals surface area (Å²) in [5.74, 6) is 0.847. The van der Waals surface area contributed by atoms with Crippen molar-refractivity contribution in [2.24, 2.45) is 5.14 Å². The molecule has 0 bridgehead atoms. The molecule has 1 aliphatic rings. The summed E-state index contributed by atoms with van der Waals surface area (Å²) in [6.07, 6.45) is 1.75. The fourth-order valence-electron chi connectivity index (χ4n) is 2.49. The Balaban J connectivity index is -0.000000487. The predicted molar refractivity (Wildman–Crippen MR) is 144 cm³/mol. The van der Waals surface area contributed by atoms with Crippen molar-refractivity contribution in [3.8, 4) is 0 Å². The lowest BCUT2D eigenvalue weighted by Gasteiger charge is -2.01. The fourth-order valence-corrected chi connectivity index (χ4v) is 5.30. The van der Waals surface area contributed by atoms with Crippen LogP contribution in [-0.2, 0) is 30.0 Å². The van der Waals surface area contributed by atoms with Crippen LogP contribution in [0.25, 0.3) is 0 Å². The Kier molecular flexibility index (Phi) is 15.6. The van der Waals surface area contributed by atoms with Gasteiger partial charge in [-0.05, 0) is 25.0 Å². The van der Waals surface area contributed by atoms with Gasteiger partial charge in [-0.1, -0.05) is 22.3 Å². The van der Waals surface area contributed by atoms with Gasteiger partial charge in [0.05, 0.1) is 32.7 Å². The number of primary sulfonamides is 1. The van der Waals surface area contributed by atoms with Crippen molar-refractivity contribution >= 4 is 52.7 Å². The number of nitro groups is 2. The Hall–Kier alpha value is -3.39. The SMILES string of the molecule is C.C.C.Nc1ccc([N+](=O)[O-])cc1S(=O)(=O)O.Nc1ccc([N+](=O)[O-])cc1S(N)(=O)=O.O=S1(=O)CCCC1. The van der Waals surface area contributed by atoms with Crippen LogP contribution in [0.15, 0.2) is 46.2 Å². The molecule has 0 atom stereocenters. The summed E-state index contributed by atoms with van der Waals surface area (Å²) >= 11 is 0. The predicted octanol–water partition coefficient (Wildman–Crippen LogP) is 2.35. The number of anilines is 2. The molecular weight excluding hydrogens is 570 g/mol. The summed E-state index contributed by atoms with van der Waals surface area (Å²) in [4.78, 5) is 18.0. The molecule has 1 aliphatic heterocycles. The van der Waals surface area contributed by atoms with Crippen LogP contribution in [0, 0.1) is 20.2 Å². The summed E-state index contributed by atoms with van der Waals surface area (Å²) in [6.45, 7) is 0. The molecule has 38 heavy (non-hydrogen) atoms. The molecule has 0 saturated carbocycles. The maximum Gasteiger partial charge on any atom is 0.296 e. The van der Waals surface area contributed by atoms with Crippen LogP contribution in [0.5, 0.6) is 0 Å². The first-order valence-corrected chi connectivity index (χ1v) is 13.9. The second-order valence-corrected chi connectivity index (χ2v) is 12.1. The third-order valence-corrected chi connectivity index (χ3v) is 7.86.